The second kappa shape index (κ2) is 13.2. The number of rotatable bonds is 13. The molecule has 0 aromatic heterocycles. The predicted molar refractivity (Wildman–Crippen MR) is 143 cm³/mol. The molecule has 3 rings (SSSR count). The molecule has 7 nitrogen and oxygen atoms in total. The van der Waals surface area contributed by atoms with Crippen molar-refractivity contribution in [3.05, 3.63) is 89.0 Å². The van der Waals surface area contributed by atoms with E-state index >= 15 is 0 Å². The van der Waals surface area contributed by atoms with Crippen molar-refractivity contribution in [2.75, 3.05) is 38.8 Å². The van der Waals surface area contributed by atoms with Crippen LogP contribution >= 0.6 is 0 Å². The summed E-state index contributed by atoms with van der Waals surface area (Å²) in [5.41, 5.74) is 4.59. The van der Waals surface area contributed by atoms with Crippen LogP contribution < -0.4 is 10.1 Å². The standard InChI is InChI=1S/C28H33NO6S/c1-21-4-15-28(36(30,31)32)27(20-21)22(2)34-18-16-33-17-19-35-26-13-9-24(10-14-26)6-5-23-7-11-25(29-3)12-8-23/h4-15,20,22,29H,16-19H2,1-3H3,(H,30,31,32)/b6-5+. The minimum absolute atomic E-state index is 0.139. The lowest BCUT2D eigenvalue weighted by molar-refractivity contribution is 0.00426. The van der Waals surface area contributed by atoms with Crippen LogP contribution in [0.3, 0.4) is 0 Å². The van der Waals surface area contributed by atoms with E-state index in [1.807, 2.05) is 50.4 Å². The Morgan fingerprint density at radius 2 is 1.50 bits per heavy atom. The predicted octanol–water partition coefficient (Wildman–Crippen LogP) is 5.63. The molecule has 0 radical (unpaired) electrons. The highest BCUT2D eigenvalue weighted by Crippen LogP contribution is 2.26. The SMILES string of the molecule is CNc1ccc(/C=C/c2ccc(OCCOCCOC(C)c3cc(C)ccc3S(=O)(=O)O)cc2)cc1. The Bertz CT molecular complexity index is 1240. The fourth-order valence-electron chi connectivity index (χ4n) is 3.54. The van der Waals surface area contributed by atoms with Gasteiger partial charge < -0.3 is 19.5 Å². The molecular weight excluding hydrogens is 478 g/mol. The smallest absolute Gasteiger partial charge is 0.294 e. The second-order valence-electron chi connectivity index (χ2n) is 8.26. The quantitative estimate of drug-likeness (QED) is 0.175. The molecular formula is C28H33NO6S. The van der Waals surface area contributed by atoms with Crippen molar-refractivity contribution >= 4 is 28.0 Å². The van der Waals surface area contributed by atoms with E-state index in [2.05, 4.69) is 29.6 Å². The Labute approximate surface area is 213 Å². The van der Waals surface area contributed by atoms with Crippen molar-refractivity contribution in [3.63, 3.8) is 0 Å². The zero-order valence-corrected chi connectivity index (χ0v) is 21.6. The lowest BCUT2D eigenvalue weighted by Crippen LogP contribution is -2.13. The topological polar surface area (TPSA) is 94.1 Å². The summed E-state index contributed by atoms with van der Waals surface area (Å²) >= 11 is 0. The molecule has 0 aliphatic carbocycles. The number of hydrogen-bond donors (Lipinski definition) is 2. The normalized spacial score (nSPS) is 12.6. The fraction of sp³-hybridized carbons (Fsp3) is 0.286. The Kier molecular flexibility index (Phi) is 10.1. The zero-order chi connectivity index (χ0) is 26.0. The molecule has 36 heavy (non-hydrogen) atoms. The molecule has 0 saturated heterocycles. The van der Waals surface area contributed by atoms with E-state index in [0.29, 0.717) is 25.4 Å². The molecule has 3 aromatic carbocycles. The first-order valence-corrected chi connectivity index (χ1v) is 13.2. The van der Waals surface area contributed by atoms with Gasteiger partial charge in [0, 0.05) is 18.3 Å². The lowest BCUT2D eigenvalue weighted by atomic mass is 10.1. The van der Waals surface area contributed by atoms with Crippen LogP contribution in [0.15, 0.2) is 71.6 Å². The first kappa shape index (κ1) is 27.4. The summed E-state index contributed by atoms with van der Waals surface area (Å²) in [6.45, 7) is 4.99. The van der Waals surface area contributed by atoms with E-state index in [-0.39, 0.29) is 11.5 Å². The van der Waals surface area contributed by atoms with Gasteiger partial charge in [-0.25, -0.2) is 0 Å². The van der Waals surface area contributed by atoms with Crippen LogP contribution in [0.4, 0.5) is 5.69 Å². The van der Waals surface area contributed by atoms with Gasteiger partial charge in [-0.2, -0.15) is 8.42 Å². The van der Waals surface area contributed by atoms with E-state index in [4.69, 9.17) is 14.2 Å². The van der Waals surface area contributed by atoms with Crippen molar-refractivity contribution < 1.29 is 27.2 Å². The molecule has 0 amide bonds. The van der Waals surface area contributed by atoms with Crippen molar-refractivity contribution in [1.82, 2.24) is 0 Å². The highest BCUT2D eigenvalue weighted by molar-refractivity contribution is 7.85. The largest absolute Gasteiger partial charge is 0.491 e. The summed E-state index contributed by atoms with van der Waals surface area (Å²) in [6.07, 6.45) is 3.61. The maximum atomic E-state index is 11.6. The molecule has 192 valence electrons. The Hall–Kier alpha value is -3.17. The van der Waals surface area contributed by atoms with E-state index < -0.39 is 16.2 Å². The van der Waals surface area contributed by atoms with Crippen LogP contribution in [0, 0.1) is 6.92 Å². The summed E-state index contributed by atoms with van der Waals surface area (Å²) in [6, 6.07) is 20.8. The number of anilines is 1. The molecule has 1 atom stereocenters. The molecule has 0 aliphatic rings. The van der Waals surface area contributed by atoms with Gasteiger partial charge in [0.2, 0.25) is 0 Å². The number of benzene rings is 3. The summed E-state index contributed by atoms with van der Waals surface area (Å²) in [7, 11) is -2.42. The van der Waals surface area contributed by atoms with Crippen molar-refractivity contribution in [2.24, 2.45) is 0 Å². The lowest BCUT2D eigenvalue weighted by Gasteiger charge is -2.17. The molecule has 1 unspecified atom stereocenters. The first-order valence-electron chi connectivity index (χ1n) is 11.7. The van der Waals surface area contributed by atoms with Gasteiger partial charge >= 0.3 is 0 Å². The maximum Gasteiger partial charge on any atom is 0.294 e. The van der Waals surface area contributed by atoms with Gasteiger partial charge in [-0.05, 0) is 55.3 Å². The highest BCUT2D eigenvalue weighted by atomic mass is 32.2. The maximum absolute atomic E-state index is 11.6. The number of ether oxygens (including phenoxy) is 3. The molecule has 0 saturated carbocycles. The summed E-state index contributed by atoms with van der Waals surface area (Å²) in [5, 5.41) is 3.10. The minimum atomic E-state index is -4.32. The molecule has 3 aromatic rings. The molecule has 8 heteroatoms. The van der Waals surface area contributed by atoms with Gasteiger partial charge in [-0.1, -0.05) is 54.1 Å². The Morgan fingerprint density at radius 3 is 2.11 bits per heavy atom. The molecule has 0 aliphatic heterocycles. The van der Waals surface area contributed by atoms with Gasteiger partial charge in [0.25, 0.3) is 10.1 Å². The van der Waals surface area contributed by atoms with Crippen LogP contribution in [-0.2, 0) is 19.6 Å². The molecule has 0 bridgehead atoms. The van der Waals surface area contributed by atoms with Crippen LogP contribution in [0.5, 0.6) is 5.75 Å². The number of aryl methyl sites for hydroxylation is 1. The van der Waals surface area contributed by atoms with Crippen LogP contribution in [0.1, 0.15) is 35.3 Å². The third kappa shape index (κ3) is 8.49. The number of nitrogens with one attached hydrogen (secondary N) is 1. The van der Waals surface area contributed by atoms with E-state index in [1.54, 1.807) is 19.1 Å². The highest BCUT2D eigenvalue weighted by Gasteiger charge is 2.20. The number of hydrogen-bond acceptors (Lipinski definition) is 6. The van der Waals surface area contributed by atoms with E-state index in [1.165, 1.54) is 6.07 Å². The Morgan fingerprint density at radius 1 is 0.889 bits per heavy atom. The van der Waals surface area contributed by atoms with Crippen molar-refractivity contribution in [2.45, 2.75) is 24.8 Å². The third-order valence-corrected chi connectivity index (χ3v) is 6.45. The minimum Gasteiger partial charge on any atom is -0.491 e. The molecule has 2 N–H and O–H groups in total. The molecule has 0 fully saturated rings. The van der Waals surface area contributed by atoms with Crippen molar-refractivity contribution in [1.29, 1.82) is 0 Å². The van der Waals surface area contributed by atoms with Gasteiger partial charge in [-0.3, -0.25) is 4.55 Å². The summed E-state index contributed by atoms with van der Waals surface area (Å²) in [5.74, 6) is 0.760. The molecule has 0 spiro atoms. The average Bonchev–Trinajstić information content (AvgIpc) is 2.87. The monoisotopic (exact) mass is 511 g/mol. The van der Waals surface area contributed by atoms with E-state index in [0.717, 1.165) is 28.1 Å². The average molecular weight is 512 g/mol. The van der Waals surface area contributed by atoms with Gasteiger partial charge in [0.15, 0.2) is 0 Å². The first-order chi connectivity index (χ1) is 17.3. The summed E-state index contributed by atoms with van der Waals surface area (Å²) in [4.78, 5) is -0.139. The zero-order valence-electron chi connectivity index (χ0n) is 20.8. The molecule has 0 heterocycles. The van der Waals surface area contributed by atoms with Gasteiger partial charge in [0.05, 0.1) is 30.8 Å². The Balaban J connectivity index is 1.35. The van der Waals surface area contributed by atoms with Gasteiger partial charge in [0.1, 0.15) is 12.4 Å². The van der Waals surface area contributed by atoms with Crippen molar-refractivity contribution in [3.8, 4) is 5.75 Å². The van der Waals surface area contributed by atoms with Crippen LogP contribution in [0.2, 0.25) is 0 Å². The fourth-order valence-corrected chi connectivity index (χ4v) is 4.31. The van der Waals surface area contributed by atoms with Gasteiger partial charge in [-0.15, -0.1) is 0 Å². The van der Waals surface area contributed by atoms with E-state index in [9.17, 15) is 13.0 Å². The van der Waals surface area contributed by atoms with Crippen LogP contribution in [-0.4, -0.2) is 46.4 Å². The van der Waals surface area contributed by atoms with Crippen LogP contribution in [0.25, 0.3) is 12.2 Å². The second-order valence-corrected chi connectivity index (χ2v) is 9.65. The summed E-state index contributed by atoms with van der Waals surface area (Å²) < 4.78 is 49.7. The third-order valence-electron chi connectivity index (χ3n) is 5.52.